The maximum atomic E-state index is 9.06. The van der Waals surface area contributed by atoms with E-state index < -0.39 is 5.79 Å². The van der Waals surface area contributed by atoms with Crippen LogP contribution in [-0.2, 0) is 9.47 Å². The molecule has 0 spiro atoms. The summed E-state index contributed by atoms with van der Waals surface area (Å²) in [5.74, 6) is 0.824. The van der Waals surface area contributed by atoms with E-state index in [1.54, 1.807) is 0 Å². The number of aliphatic hydroxyl groups excluding tert-OH is 1. The third-order valence-corrected chi connectivity index (χ3v) is 3.92. The van der Waals surface area contributed by atoms with Crippen molar-refractivity contribution < 1.29 is 24.1 Å². The zero-order valence-electron chi connectivity index (χ0n) is 13.0. The lowest BCUT2D eigenvalue weighted by Crippen LogP contribution is -2.24. The molecule has 1 aromatic rings. The Balaban J connectivity index is 1.80. The Hall–Kier alpha value is -1.56. The Bertz CT molecular complexity index is 566. The Kier molecular flexibility index (Phi) is 4.12. The van der Waals surface area contributed by atoms with E-state index in [0.717, 1.165) is 29.1 Å². The van der Waals surface area contributed by atoms with E-state index in [9.17, 15) is 0 Å². The molecule has 0 amide bonds. The van der Waals surface area contributed by atoms with Gasteiger partial charge in [-0.15, -0.1) is 0 Å². The van der Waals surface area contributed by atoms with Gasteiger partial charge in [0.2, 0.25) is 6.79 Å². The van der Waals surface area contributed by atoms with Gasteiger partial charge in [0.05, 0.1) is 6.10 Å². The third kappa shape index (κ3) is 2.97. The van der Waals surface area contributed by atoms with Crippen molar-refractivity contribution in [1.29, 1.82) is 0 Å². The van der Waals surface area contributed by atoms with Crippen LogP contribution >= 0.6 is 0 Å². The molecular weight excluding hydrogens is 284 g/mol. The van der Waals surface area contributed by atoms with E-state index in [4.69, 9.17) is 24.1 Å². The molecule has 1 fully saturated rings. The van der Waals surface area contributed by atoms with Gasteiger partial charge >= 0.3 is 0 Å². The summed E-state index contributed by atoms with van der Waals surface area (Å²) in [5.41, 5.74) is 1.80. The molecule has 5 nitrogen and oxygen atoms in total. The SMILES string of the molecule is C=C(c1ccc2c(c1)OCO2)[C@@H]1OC(C)(C)O[C@H]1CCCO. The second kappa shape index (κ2) is 5.91. The van der Waals surface area contributed by atoms with Crippen molar-refractivity contribution in [3.8, 4) is 11.5 Å². The number of aliphatic hydroxyl groups is 1. The van der Waals surface area contributed by atoms with E-state index in [0.29, 0.717) is 6.42 Å². The van der Waals surface area contributed by atoms with Crippen molar-refractivity contribution in [1.82, 2.24) is 0 Å². The summed E-state index contributed by atoms with van der Waals surface area (Å²) in [7, 11) is 0. The van der Waals surface area contributed by atoms with Crippen LogP contribution in [0.1, 0.15) is 32.3 Å². The molecule has 120 valence electrons. The van der Waals surface area contributed by atoms with Crippen LogP contribution in [0.15, 0.2) is 24.8 Å². The molecule has 0 unspecified atom stereocenters. The zero-order chi connectivity index (χ0) is 15.7. The third-order valence-electron chi connectivity index (χ3n) is 3.92. The van der Waals surface area contributed by atoms with Crippen LogP contribution in [0.2, 0.25) is 0 Å². The van der Waals surface area contributed by atoms with E-state index in [1.807, 2.05) is 32.0 Å². The smallest absolute Gasteiger partial charge is 0.231 e. The lowest BCUT2D eigenvalue weighted by atomic mass is 9.96. The van der Waals surface area contributed by atoms with Gasteiger partial charge in [-0.05, 0) is 50.0 Å². The molecule has 1 aromatic carbocycles. The van der Waals surface area contributed by atoms with Gasteiger partial charge in [-0.3, -0.25) is 0 Å². The topological polar surface area (TPSA) is 57.2 Å². The first-order valence-electron chi connectivity index (χ1n) is 7.55. The van der Waals surface area contributed by atoms with Gasteiger partial charge in [0, 0.05) is 6.61 Å². The van der Waals surface area contributed by atoms with Crippen molar-refractivity contribution in [3.63, 3.8) is 0 Å². The normalized spacial score (nSPS) is 25.4. The molecule has 2 aliphatic heterocycles. The molecule has 0 aromatic heterocycles. The summed E-state index contributed by atoms with van der Waals surface area (Å²) in [6.45, 7) is 8.37. The molecule has 5 heteroatoms. The minimum absolute atomic E-state index is 0.111. The first-order valence-corrected chi connectivity index (χ1v) is 7.55. The predicted molar refractivity (Wildman–Crippen MR) is 81.7 cm³/mol. The maximum absolute atomic E-state index is 9.06. The van der Waals surface area contributed by atoms with Crippen molar-refractivity contribution in [2.24, 2.45) is 0 Å². The van der Waals surface area contributed by atoms with Crippen LogP contribution in [0.4, 0.5) is 0 Å². The van der Waals surface area contributed by atoms with Gasteiger partial charge in [0.25, 0.3) is 0 Å². The highest BCUT2D eigenvalue weighted by molar-refractivity contribution is 5.70. The van der Waals surface area contributed by atoms with E-state index in [1.165, 1.54) is 0 Å². The molecular formula is C17H22O5. The van der Waals surface area contributed by atoms with Crippen LogP contribution in [0.3, 0.4) is 0 Å². The monoisotopic (exact) mass is 306 g/mol. The number of ether oxygens (including phenoxy) is 4. The van der Waals surface area contributed by atoms with Crippen molar-refractivity contribution in [3.05, 3.63) is 30.3 Å². The van der Waals surface area contributed by atoms with Crippen LogP contribution < -0.4 is 9.47 Å². The molecule has 0 saturated carbocycles. The predicted octanol–water partition coefficient (Wildman–Crippen LogP) is 2.72. The minimum atomic E-state index is -0.649. The Morgan fingerprint density at radius 1 is 1.27 bits per heavy atom. The van der Waals surface area contributed by atoms with E-state index in [2.05, 4.69) is 6.58 Å². The number of fused-ring (bicyclic) bond motifs is 1. The van der Waals surface area contributed by atoms with Gasteiger partial charge in [0.1, 0.15) is 6.10 Å². The quantitative estimate of drug-likeness (QED) is 0.906. The van der Waals surface area contributed by atoms with Crippen LogP contribution in [0.5, 0.6) is 11.5 Å². The van der Waals surface area contributed by atoms with Gasteiger partial charge in [-0.25, -0.2) is 0 Å². The number of benzene rings is 1. The molecule has 2 atom stereocenters. The van der Waals surface area contributed by atoms with Crippen molar-refractivity contribution in [2.75, 3.05) is 13.4 Å². The fraction of sp³-hybridized carbons (Fsp3) is 0.529. The number of hydrogen-bond acceptors (Lipinski definition) is 5. The summed E-state index contributed by atoms with van der Waals surface area (Å²) < 4.78 is 22.7. The molecule has 0 aliphatic carbocycles. The lowest BCUT2D eigenvalue weighted by Gasteiger charge is -2.19. The molecule has 1 saturated heterocycles. The van der Waals surface area contributed by atoms with E-state index in [-0.39, 0.29) is 25.6 Å². The Labute approximate surface area is 130 Å². The Morgan fingerprint density at radius 3 is 2.82 bits per heavy atom. The minimum Gasteiger partial charge on any atom is -0.454 e. The first-order chi connectivity index (χ1) is 10.5. The average molecular weight is 306 g/mol. The Morgan fingerprint density at radius 2 is 2.05 bits per heavy atom. The molecule has 2 aliphatic rings. The highest BCUT2D eigenvalue weighted by atomic mass is 16.8. The lowest BCUT2D eigenvalue weighted by molar-refractivity contribution is -0.143. The summed E-state index contributed by atoms with van der Waals surface area (Å²) >= 11 is 0. The highest BCUT2D eigenvalue weighted by Crippen LogP contribution is 2.40. The molecule has 0 bridgehead atoms. The molecule has 3 rings (SSSR count). The van der Waals surface area contributed by atoms with Crippen LogP contribution in [0.25, 0.3) is 5.57 Å². The van der Waals surface area contributed by atoms with Crippen molar-refractivity contribution in [2.45, 2.75) is 44.7 Å². The standard InChI is InChI=1S/C17H22O5/c1-11(12-6-7-13-15(9-12)20-10-19-13)16-14(5-4-8-18)21-17(2,3)22-16/h6-7,9,14,16,18H,1,4-5,8,10H2,2-3H3/t14-,16-/m0/s1. The van der Waals surface area contributed by atoms with Crippen molar-refractivity contribution >= 4 is 5.57 Å². The second-order valence-electron chi connectivity index (χ2n) is 6.05. The highest BCUT2D eigenvalue weighted by Gasteiger charge is 2.42. The largest absolute Gasteiger partial charge is 0.454 e. The fourth-order valence-corrected chi connectivity index (χ4v) is 2.89. The van der Waals surface area contributed by atoms with Crippen LogP contribution in [0, 0.1) is 0 Å². The summed E-state index contributed by atoms with van der Waals surface area (Å²) in [6.07, 6.45) is 1.06. The van der Waals surface area contributed by atoms with Gasteiger partial charge in [-0.2, -0.15) is 0 Å². The summed E-state index contributed by atoms with van der Waals surface area (Å²) in [6, 6.07) is 5.75. The molecule has 22 heavy (non-hydrogen) atoms. The van der Waals surface area contributed by atoms with Gasteiger partial charge in [0.15, 0.2) is 17.3 Å². The molecule has 1 N–H and O–H groups in total. The summed E-state index contributed by atoms with van der Waals surface area (Å²) in [4.78, 5) is 0. The maximum Gasteiger partial charge on any atom is 0.231 e. The second-order valence-corrected chi connectivity index (χ2v) is 6.05. The molecule has 0 radical (unpaired) electrons. The fourth-order valence-electron chi connectivity index (χ4n) is 2.89. The first kappa shape index (κ1) is 15.3. The zero-order valence-corrected chi connectivity index (χ0v) is 13.0. The van der Waals surface area contributed by atoms with Gasteiger partial charge in [-0.1, -0.05) is 12.6 Å². The van der Waals surface area contributed by atoms with Gasteiger partial charge < -0.3 is 24.1 Å². The number of rotatable bonds is 5. The van der Waals surface area contributed by atoms with Crippen LogP contribution in [-0.4, -0.2) is 36.5 Å². The summed E-state index contributed by atoms with van der Waals surface area (Å²) in [5, 5.41) is 9.06. The number of hydrogen-bond donors (Lipinski definition) is 1. The van der Waals surface area contributed by atoms with E-state index >= 15 is 0 Å². The average Bonchev–Trinajstić information content (AvgIpc) is 3.07. The molecule has 2 heterocycles.